The van der Waals surface area contributed by atoms with Crippen LogP contribution in [0.3, 0.4) is 0 Å². The van der Waals surface area contributed by atoms with Crippen LogP contribution in [-0.2, 0) is 0 Å². The van der Waals surface area contributed by atoms with Crippen LogP contribution in [0, 0.1) is 6.92 Å². The molecule has 16 heavy (non-hydrogen) atoms. The number of aryl methyl sites for hydroxylation is 1. The summed E-state index contributed by atoms with van der Waals surface area (Å²) in [5, 5.41) is 10.1. The highest BCUT2D eigenvalue weighted by Crippen LogP contribution is 2.32. The summed E-state index contributed by atoms with van der Waals surface area (Å²) < 4.78 is 5.15. The lowest BCUT2D eigenvalue weighted by molar-refractivity contribution is 0.0698. The summed E-state index contributed by atoms with van der Waals surface area (Å²) in [5.41, 5.74) is 1.47. The summed E-state index contributed by atoms with van der Waals surface area (Å²) >= 11 is 5.90. The highest BCUT2D eigenvalue weighted by Gasteiger charge is 2.17. The first kappa shape index (κ1) is 10.8. The van der Waals surface area contributed by atoms with Crippen molar-refractivity contribution in [2.45, 2.75) is 6.92 Å². The van der Waals surface area contributed by atoms with E-state index in [0.717, 1.165) is 0 Å². The second-order valence-electron chi connectivity index (χ2n) is 3.46. The highest BCUT2D eigenvalue weighted by atomic mass is 35.5. The molecule has 0 aliphatic rings. The molecule has 1 aromatic carbocycles. The highest BCUT2D eigenvalue weighted by molar-refractivity contribution is 6.32. The molecule has 0 fully saturated rings. The van der Waals surface area contributed by atoms with Crippen LogP contribution in [-0.4, -0.2) is 23.2 Å². The third kappa shape index (κ3) is 1.51. The van der Waals surface area contributed by atoms with E-state index in [1.807, 2.05) is 0 Å². The number of nitrogens with one attached hydrogen (secondary N) is 1. The van der Waals surface area contributed by atoms with Crippen molar-refractivity contribution >= 4 is 28.5 Å². The number of fused-ring (bicyclic) bond motifs is 1. The van der Waals surface area contributed by atoms with Crippen LogP contribution in [0.5, 0.6) is 5.75 Å². The zero-order chi connectivity index (χ0) is 11.9. The van der Waals surface area contributed by atoms with Crippen LogP contribution in [0.2, 0.25) is 5.02 Å². The van der Waals surface area contributed by atoms with Gasteiger partial charge in [0.2, 0.25) is 0 Å². The number of aromatic nitrogens is 1. The van der Waals surface area contributed by atoms with Crippen molar-refractivity contribution in [1.29, 1.82) is 0 Å². The fraction of sp³-hybridized carbons (Fsp3) is 0.182. The molecule has 0 bridgehead atoms. The zero-order valence-electron chi connectivity index (χ0n) is 8.80. The van der Waals surface area contributed by atoms with E-state index in [1.165, 1.54) is 7.11 Å². The Morgan fingerprint density at radius 1 is 1.50 bits per heavy atom. The molecule has 2 aromatic rings. The molecule has 2 N–H and O–H groups in total. The summed E-state index contributed by atoms with van der Waals surface area (Å²) in [6.07, 6.45) is 0. The van der Waals surface area contributed by atoms with Crippen molar-refractivity contribution in [3.05, 3.63) is 28.4 Å². The van der Waals surface area contributed by atoms with Gasteiger partial charge in [0.15, 0.2) is 0 Å². The van der Waals surface area contributed by atoms with E-state index >= 15 is 0 Å². The minimum absolute atomic E-state index is 0.232. The Bertz CT molecular complexity index is 574. The Hall–Kier alpha value is -1.68. The SMILES string of the molecule is COc1cc(Cl)cc2c(C(=O)O)c(C)[nH]c12. The lowest BCUT2D eigenvalue weighted by Gasteiger charge is -2.02. The molecule has 0 amide bonds. The Labute approximate surface area is 96.8 Å². The van der Waals surface area contributed by atoms with E-state index in [-0.39, 0.29) is 5.56 Å². The Morgan fingerprint density at radius 3 is 2.75 bits per heavy atom. The molecule has 0 spiro atoms. The average molecular weight is 240 g/mol. The Balaban J connectivity index is 2.89. The van der Waals surface area contributed by atoms with Crippen LogP contribution in [0.1, 0.15) is 16.1 Å². The number of carboxylic acids is 1. The lowest BCUT2D eigenvalue weighted by Crippen LogP contribution is -1.97. The first-order valence-corrected chi connectivity index (χ1v) is 5.01. The molecule has 0 atom stereocenters. The number of rotatable bonds is 2. The first-order chi connectivity index (χ1) is 7.54. The predicted octanol–water partition coefficient (Wildman–Crippen LogP) is 2.84. The Kier molecular flexibility index (Phi) is 2.52. The monoisotopic (exact) mass is 239 g/mol. The molecule has 0 aliphatic heterocycles. The molecule has 0 saturated carbocycles. The van der Waals surface area contributed by atoms with Gasteiger partial charge in [0, 0.05) is 22.2 Å². The van der Waals surface area contributed by atoms with Crippen LogP contribution in [0.4, 0.5) is 0 Å². The average Bonchev–Trinajstić information content (AvgIpc) is 2.52. The molecular formula is C11H10ClNO3. The third-order valence-corrected chi connectivity index (χ3v) is 2.68. The molecule has 0 unspecified atom stereocenters. The summed E-state index contributed by atoms with van der Waals surface area (Å²) in [6, 6.07) is 3.26. The number of aromatic amines is 1. The van der Waals surface area contributed by atoms with Gasteiger partial charge in [0.05, 0.1) is 18.2 Å². The van der Waals surface area contributed by atoms with Crippen molar-refractivity contribution in [2.24, 2.45) is 0 Å². The van der Waals surface area contributed by atoms with Gasteiger partial charge in [-0.1, -0.05) is 11.6 Å². The number of aromatic carboxylic acids is 1. The normalized spacial score (nSPS) is 10.7. The molecule has 2 rings (SSSR count). The maximum absolute atomic E-state index is 11.1. The summed E-state index contributed by atoms with van der Waals surface area (Å²) in [6.45, 7) is 1.71. The number of carbonyl (C=O) groups is 1. The maximum atomic E-state index is 11.1. The topological polar surface area (TPSA) is 62.3 Å². The van der Waals surface area contributed by atoms with E-state index in [1.54, 1.807) is 19.1 Å². The minimum atomic E-state index is -0.979. The molecule has 0 saturated heterocycles. The van der Waals surface area contributed by atoms with Gasteiger partial charge in [-0.2, -0.15) is 0 Å². The van der Waals surface area contributed by atoms with Gasteiger partial charge in [-0.05, 0) is 13.0 Å². The number of carboxylic acid groups (broad SMARTS) is 1. The molecule has 5 heteroatoms. The van der Waals surface area contributed by atoms with Gasteiger partial charge in [0.25, 0.3) is 0 Å². The van der Waals surface area contributed by atoms with Gasteiger partial charge < -0.3 is 14.8 Å². The first-order valence-electron chi connectivity index (χ1n) is 4.63. The molecule has 84 valence electrons. The number of hydrogen-bond acceptors (Lipinski definition) is 2. The largest absolute Gasteiger partial charge is 0.495 e. The van der Waals surface area contributed by atoms with Crippen molar-refractivity contribution < 1.29 is 14.6 Å². The summed E-state index contributed by atoms with van der Waals surface area (Å²) in [5.74, 6) is -0.439. The summed E-state index contributed by atoms with van der Waals surface area (Å²) in [7, 11) is 1.52. The second-order valence-corrected chi connectivity index (χ2v) is 3.90. The van der Waals surface area contributed by atoms with Crippen LogP contribution < -0.4 is 4.74 Å². The van der Waals surface area contributed by atoms with Crippen molar-refractivity contribution in [2.75, 3.05) is 7.11 Å². The molecule has 1 heterocycles. The van der Waals surface area contributed by atoms with Crippen LogP contribution in [0.25, 0.3) is 10.9 Å². The van der Waals surface area contributed by atoms with E-state index in [4.69, 9.17) is 21.4 Å². The fourth-order valence-electron chi connectivity index (χ4n) is 1.80. The van der Waals surface area contributed by atoms with E-state index < -0.39 is 5.97 Å². The van der Waals surface area contributed by atoms with Crippen molar-refractivity contribution in [3.63, 3.8) is 0 Å². The predicted molar refractivity (Wildman–Crippen MR) is 61.6 cm³/mol. The molecule has 4 nitrogen and oxygen atoms in total. The smallest absolute Gasteiger partial charge is 0.338 e. The minimum Gasteiger partial charge on any atom is -0.495 e. The summed E-state index contributed by atoms with van der Waals surface area (Å²) in [4.78, 5) is 14.1. The van der Waals surface area contributed by atoms with Gasteiger partial charge in [-0.25, -0.2) is 4.79 Å². The molecular weight excluding hydrogens is 230 g/mol. The number of H-pyrrole nitrogens is 1. The Morgan fingerprint density at radius 2 is 2.19 bits per heavy atom. The van der Waals surface area contributed by atoms with Gasteiger partial charge in [-0.15, -0.1) is 0 Å². The van der Waals surface area contributed by atoms with E-state index in [0.29, 0.717) is 27.4 Å². The number of ether oxygens (including phenoxy) is 1. The number of methoxy groups -OCH3 is 1. The van der Waals surface area contributed by atoms with E-state index in [2.05, 4.69) is 4.98 Å². The van der Waals surface area contributed by atoms with Crippen LogP contribution >= 0.6 is 11.6 Å². The number of hydrogen-bond donors (Lipinski definition) is 2. The molecule has 0 aliphatic carbocycles. The lowest BCUT2D eigenvalue weighted by atomic mass is 10.1. The van der Waals surface area contributed by atoms with Gasteiger partial charge in [-0.3, -0.25) is 0 Å². The number of halogens is 1. The van der Waals surface area contributed by atoms with Crippen molar-refractivity contribution in [1.82, 2.24) is 4.98 Å². The zero-order valence-corrected chi connectivity index (χ0v) is 9.55. The van der Waals surface area contributed by atoms with Crippen molar-refractivity contribution in [3.8, 4) is 5.75 Å². The molecule has 0 radical (unpaired) electrons. The molecule has 1 aromatic heterocycles. The van der Waals surface area contributed by atoms with Gasteiger partial charge >= 0.3 is 5.97 Å². The third-order valence-electron chi connectivity index (χ3n) is 2.46. The quantitative estimate of drug-likeness (QED) is 0.847. The maximum Gasteiger partial charge on any atom is 0.338 e. The number of benzene rings is 1. The second kappa shape index (κ2) is 3.72. The standard InChI is InChI=1S/C11H10ClNO3/c1-5-9(11(14)15)7-3-6(12)4-8(16-2)10(7)13-5/h3-4,13H,1-2H3,(H,14,15). The van der Waals surface area contributed by atoms with Gasteiger partial charge in [0.1, 0.15) is 5.75 Å². The van der Waals surface area contributed by atoms with E-state index in [9.17, 15) is 4.79 Å². The fourth-order valence-corrected chi connectivity index (χ4v) is 2.00. The van der Waals surface area contributed by atoms with Crippen LogP contribution in [0.15, 0.2) is 12.1 Å².